The number of alkyl halides is 3. The van der Waals surface area contributed by atoms with Gasteiger partial charge in [-0.1, -0.05) is 30.3 Å². The van der Waals surface area contributed by atoms with Crippen LogP contribution < -0.4 is 15.4 Å². The van der Waals surface area contributed by atoms with E-state index in [2.05, 4.69) is 30.3 Å². The van der Waals surface area contributed by atoms with Gasteiger partial charge in [-0.2, -0.15) is 28.1 Å². The molecule has 158 valence electrons. The van der Waals surface area contributed by atoms with Crippen molar-refractivity contribution < 1.29 is 26.7 Å². The van der Waals surface area contributed by atoms with Gasteiger partial charge in [-0.05, 0) is 23.8 Å². The molecule has 3 rings (SSSR count). The molecule has 0 aliphatic carbocycles. The highest BCUT2D eigenvalue weighted by atomic mass is 19.4. The fourth-order valence-electron chi connectivity index (χ4n) is 2.32. The monoisotopic (exact) mass is 425 g/mol. The molecule has 1 aromatic heterocycles. The predicted octanol–water partition coefficient (Wildman–Crippen LogP) is 4.32. The first kappa shape index (κ1) is 21.2. The highest BCUT2D eigenvalue weighted by Crippen LogP contribution is 2.19. The van der Waals surface area contributed by atoms with Crippen molar-refractivity contribution in [3.05, 3.63) is 71.3 Å². The summed E-state index contributed by atoms with van der Waals surface area (Å²) < 4.78 is 68.7. The van der Waals surface area contributed by atoms with Gasteiger partial charge < -0.3 is 15.4 Å². The summed E-state index contributed by atoms with van der Waals surface area (Å²) in [6, 6.07) is 11.0. The highest BCUT2D eigenvalue weighted by Gasteiger charge is 2.29. The lowest BCUT2D eigenvalue weighted by atomic mass is 10.2. The van der Waals surface area contributed by atoms with E-state index >= 15 is 0 Å². The third-order valence-electron chi connectivity index (χ3n) is 3.74. The summed E-state index contributed by atoms with van der Waals surface area (Å²) in [6.45, 7) is -1.41. The van der Waals surface area contributed by atoms with Crippen molar-refractivity contribution in [2.45, 2.75) is 19.3 Å². The van der Waals surface area contributed by atoms with Crippen LogP contribution in [0.2, 0.25) is 0 Å². The lowest BCUT2D eigenvalue weighted by Crippen LogP contribution is -2.21. The van der Waals surface area contributed by atoms with Gasteiger partial charge in [0.25, 0.3) is 0 Å². The quantitative estimate of drug-likeness (QED) is 0.524. The van der Waals surface area contributed by atoms with Crippen LogP contribution in [-0.4, -0.2) is 27.7 Å². The van der Waals surface area contributed by atoms with Gasteiger partial charge in [-0.3, -0.25) is 0 Å². The molecule has 0 aliphatic heterocycles. The van der Waals surface area contributed by atoms with E-state index < -0.39 is 30.4 Å². The summed E-state index contributed by atoms with van der Waals surface area (Å²) in [5.41, 5.74) is 1.01. The summed E-state index contributed by atoms with van der Waals surface area (Å²) in [4.78, 5) is 11.6. The fraction of sp³-hybridized carbons (Fsp3) is 0.211. The van der Waals surface area contributed by atoms with Crippen molar-refractivity contribution in [1.82, 2.24) is 15.0 Å². The first-order valence-corrected chi connectivity index (χ1v) is 8.70. The zero-order chi connectivity index (χ0) is 21.6. The highest BCUT2D eigenvalue weighted by molar-refractivity contribution is 5.37. The number of ether oxygens (including phenoxy) is 1. The minimum atomic E-state index is -4.57. The van der Waals surface area contributed by atoms with Crippen molar-refractivity contribution in [2.24, 2.45) is 0 Å². The molecule has 1 heterocycles. The van der Waals surface area contributed by atoms with E-state index in [1.165, 1.54) is 42.5 Å². The third-order valence-corrected chi connectivity index (χ3v) is 3.74. The van der Waals surface area contributed by atoms with Crippen LogP contribution >= 0.6 is 0 Å². The zero-order valence-electron chi connectivity index (χ0n) is 15.4. The van der Waals surface area contributed by atoms with E-state index in [1.807, 2.05) is 0 Å². The van der Waals surface area contributed by atoms with Crippen LogP contribution in [-0.2, 0) is 13.1 Å². The molecule has 2 aromatic carbocycles. The molecule has 11 heteroatoms. The second kappa shape index (κ2) is 9.33. The van der Waals surface area contributed by atoms with Gasteiger partial charge in [0.15, 0.2) is 6.61 Å². The molecule has 0 aliphatic rings. The first-order chi connectivity index (χ1) is 14.3. The molecule has 0 bridgehead atoms. The molecular formula is C19H16F5N5O. The Morgan fingerprint density at radius 2 is 1.43 bits per heavy atom. The average molecular weight is 425 g/mol. The molecule has 0 saturated heterocycles. The van der Waals surface area contributed by atoms with Gasteiger partial charge in [0.1, 0.15) is 11.6 Å². The molecule has 0 radical (unpaired) electrons. The molecule has 0 atom stereocenters. The van der Waals surface area contributed by atoms with Crippen molar-refractivity contribution in [3.8, 4) is 6.01 Å². The van der Waals surface area contributed by atoms with Crippen molar-refractivity contribution in [3.63, 3.8) is 0 Å². The maximum Gasteiger partial charge on any atom is 0.422 e. The number of rotatable bonds is 8. The van der Waals surface area contributed by atoms with E-state index in [9.17, 15) is 22.0 Å². The average Bonchev–Trinajstić information content (AvgIpc) is 2.71. The SMILES string of the molecule is Fc1ccc(CNc2nc(NCc3ccccc3F)nc(OCC(F)(F)F)n2)cc1. The standard InChI is InChI=1S/C19H16F5N5O/c20-14-7-5-12(6-8-14)9-25-16-27-17(26-10-13-3-1-2-4-15(13)21)29-18(28-16)30-11-19(22,23)24/h1-8H,9-11H2,(H2,25,26,27,28,29). The van der Waals surface area contributed by atoms with Crippen LogP contribution in [0.3, 0.4) is 0 Å². The van der Waals surface area contributed by atoms with E-state index in [0.717, 1.165) is 0 Å². The van der Waals surface area contributed by atoms with Gasteiger partial charge in [0.05, 0.1) is 0 Å². The van der Waals surface area contributed by atoms with E-state index in [-0.39, 0.29) is 25.0 Å². The Hall–Kier alpha value is -3.50. The Labute approximate surface area is 168 Å². The summed E-state index contributed by atoms with van der Waals surface area (Å²) in [7, 11) is 0. The van der Waals surface area contributed by atoms with Crippen molar-refractivity contribution in [1.29, 1.82) is 0 Å². The lowest BCUT2D eigenvalue weighted by molar-refractivity contribution is -0.154. The van der Waals surface area contributed by atoms with Crippen molar-refractivity contribution >= 4 is 11.9 Å². The molecule has 6 nitrogen and oxygen atoms in total. The maximum atomic E-state index is 13.8. The number of hydrogen-bond acceptors (Lipinski definition) is 6. The number of hydrogen-bond donors (Lipinski definition) is 2. The van der Waals surface area contributed by atoms with Crippen molar-refractivity contribution in [2.75, 3.05) is 17.2 Å². The van der Waals surface area contributed by atoms with Crippen LogP contribution in [0.4, 0.5) is 33.8 Å². The van der Waals surface area contributed by atoms with Crippen LogP contribution in [0.1, 0.15) is 11.1 Å². The second-order valence-corrected chi connectivity index (χ2v) is 6.09. The summed E-state index contributed by atoms with van der Waals surface area (Å²) in [5, 5.41) is 5.54. The Balaban J connectivity index is 1.75. The van der Waals surface area contributed by atoms with E-state index in [4.69, 9.17) is 0 Å². The second-order valence-electron chi connectivity index (χ2n) is 6.09. The Kier molecular flexibility index (Phi) is 6.60. The third kappa shape index (κ3) is 6.54. The number of aromatic nitrogens is 3. The van der Waals surface area contributed by atoms with Crippen LogP contribution in [0.25, 0.3) is 0 Å². The lowest BCUT2D eigenvalue weighted by Gasteiger charge is -2.12. The molecule has 0 spiro atoms. The van der Waals surface area contributed by atoms with E-state index in [1.54, 1.807) is 6.07 Å². The number of nitrogens with zero attached hydrogens (tertiary/aromatic N) is 3. The van der Waals surface area contributed by atoms with Crippen LogP contribution in [0, 0.1) is 11.6 Å². The number of benzene rings is 2. The Bertz CT molecular complexity index is 982. The molecule has 0 amide bonds. The summed E-state index contributed by atoms with van der Waals surface area (Å²) >= 11 is 0. The Morgan fingerprint density at radius 3 is 2.07 bits per heavy atom. The summed E-state index contributed by atoms with van der Waals surface area (Å²) in [6.07, 6.45) is -4.57. The molecule has 0 unspecified atom stereocenters. The summed E-state index contributed by atoms with van der Waals surface area (Å²) in [5.74, 6) is -1.03. The molecule has 0 saturated carbocycles. The predicted molar refractivity (Wildman–Crippen MR) is 98.8 cm³/mol. The molecular weight excluding hydrogens is 409 g/mol. The minimum absolute atomic E-state index is 0.00714. The zero-order valence-corrected chi connectivity index (χ0v) is 15.4. The van der Waals surface area contributed by atoms with Gasteiger partial charge in [0, 0.05) is 18.7 Å². The molecule has 0 fully saturated rings. The van der Waals surface area contributed by atoms with Gasteiger partial charge >= 0.3 is 12.2 Å². The molecule has 2 N–H and O–H groups in total. The maximum absolute atomic E-state index is 13.8. The largest absolute Gasteiger partial charge is 0.454 e. The number of anilines is 2. The van der Waals surface area contributed by atoms with Crippen LogP contribution in [0.15, 0.2) is 48.5 Å². The minimum Gasteiger partial charge on any atom is -0.454 e. The van der Waals surface area contributed by atoms with Gasteiger partial charge in [0.2, 0.25) is 11.9 Å². The van der Waals surface area contributed by atoms with Gasteiger partial charge in [-0.25, -0.2) is 8.78 Å². The molecule has 30 heavy (non-hydrogen) atoms. The fourth-order valence-corrected chi connectivity index (χ4v) is 2.32. The smallest absolute Gasteiger partial charge is 0.422 e. The number of halogens is 5. The van der Waals surface area contributed by atoms with Gasteiger partial charge in [-0.15, -0.1) is 0 Å². The topological polar surface area (TPSA) is 72.0 Å². The first-order valence-electron chi connectivity index (χ1n) is 8.70. The van der Waals surface area contributed by atoms with Crippen LogP contribution in [0.5, 0.6) is 6.01 Å². The molecule has 3 aromatic rings. The number of nitrogens with one attached hydrogen (secondary N) is 2. The normalized spacial score (nSPS) is 11.2. The Morgan fingerprint density at radius 1 is 0.800 bits per heavy atom. The van der Waals surface area contributed by atoms with E-state index in [0.29, 0.717) is 11.1 Å².